The molecule has 0 radical (unpaired) electrons. The molecule has 1 fully saturated rings. The van der Waals surface area contributed by atoms with E-state index in [2.05, 4.69) is 39.9 Å². The molecule has 0 bridgehead atoms. The molecule has 1 aliphatic rings. The number of benzene rings is 2. The van der Waals surface area contributed by atoms with Crippen molar-refractivity contribution in [2.24, 2.45) is 4.99 Å². The van der Waals surface area contributed by atoms with Gasteiger partial charge in [0.1, 0.15) is 5.82 Å². The Morgan fingerprint density at radius 3 is 2.67 bits per heavy atom. The molecule has 1 saturated carbocycles. The van der Waals surface area contributed by atoms with E-state index >= 15 is 0 Å². The molecule has 0 heterocycles. The lowest BCUT2D eigenvalue weighted by molar-refractivity contribution is 0.625. The van der Waals surface area contributed by atoms with E-state index in [0.717, 1.165) is 30.9 Å². The van der Waals surface area contributed by atoms with Crippen molar-refractivity contribution in [1.29, 1.82) is 0 Å². The van der Waals surface area contributed by atoms with Crippen LogP contribution in [-0.4, -0.2) is 25.6 Å². The molecule has 3 rings (SSSR count). The van der Waals surface area contributed by atoms with Crippen LogP contribution in [0.1, 0.15) is 23.5 Å². The molecule has 128 valence electrons. The van der Waals surface area contributed by atoms with Crippen molar-refractivity contribution >= 4 is 29.9 Å². The highest BCUT2D eigenvalue weighted by Gasteiger charge is 2.38. The molecular formula is C19H23FIN3. The number of hydrogen-bond donors (Lipinski definition) is 2. The second kappa shape index (κ2) is 9.01. The van der Waals surface area contributed by atoms with Crippen molar-refractivity contribution in [3.05, 3.63) is 71.5 Å². The second-order valence-electron chi connectivity index (χ2n) is 5.88. The quantitative estimate of drug-likeness (QED) is 0.424. The minimum Gasteiger partial charge on any atom is -0.356 e. The number of guanidine groups is 1. The van der Waals surface area contributed by atoms with Gasteiger partial charge in [-0.2, -0.15) is 0 Å². The summed E-state index contributed by atoms with van der Waals surface area (Å²) in [6, 6.07) is 17.7. The Bertz CT molecular complexity index is 675. The molecule has 1 aliphatic carbocycles. The summed E-state index contributed by atoms with van der Waals surface area (Å²) in [5, 5.41) is 6.75. The molecule has 3 nitrogen and oxygen atoms in total. The molecule has 2 unspecified atom stereocenters. The van der Waals surface area contributed by atoms with Crippen molar-refractivity contribution in [2.45, 2.75) is 24.8 Å². The van der Waals surface area contributed by atoms with E-state index in [0.29, 0.717) is 12.0 Å². The third-order valence-corrected chi connectivity index (χ3v) is 4.16. The monoisotopic (exact) mass is 439 g/mol. The maximum absolute atomic E-state index is 13.1. The molecule has 2 atom stereocenters. The van der Waals surface area contributed by atoms with Gasteiger partial charge in [0, 0.05) is 25.6 Å². The van der Waals surface area contributed by atoms with Gasteiger partial charge in [-0.05, 0) is 36.1 Å². The van der Waals surface area contributed by atoms with Crippen LogP contribution in [0.4, 0.5) is 4.39 Å². The maximum Gasteiger partial charge on any atom is 0.191 e. The Morgan fingerprint density at radius 1 is 1.17 bits per heavy atom. The van der Waals surface area contributed by atoms with Crippen molar-refractivity contribution in [2.75, 3.05) is 13.6 Å². The third kappa shape index (κ3) is 5.19. The van der Waals surface area contributed by atoms with Gasteiger partial charge in [0.25, 0.3) is 0 Å². The van der Waals surface area contributed by atoms with Crippen LogP contribution < -0.4 is 10.6 Å². The highest BCUT2D eigenvalue weighted by Crippen LogP contribution is 2.40. The minimum atomic E-state index is -0.186. The zero-order chi connectivity index (χ0) is 16.1. The van der Waals surface area contributed by atoms with E-state index in [9.17, 15) is 4.39 Å². The lowest BCUT2D eigenvalue weighted by Crippen LogP contribution is -2.39. The van der Waals surface area contributed by atoms with Gasteiger partial charge in [-0.15, -0.1) is 24.0 Å². The van der Waals surface area contributed by atoms with Crippen LogP contribution in [0.5, 0.6) is 0 Å². The van der Waals surface area contributed by atoms with Gasteiger partial charge >= 0.3 is 0 Å². The SMILES string of the molecule is CN=C(NCCc1cccc(F)c1)NC1CC1c1ccccc1.I. The summed E-state index contributed by atoms with van der Waals surface area (Å²) < 4.78 is 13.1. The summed E-state index contributed by atoms with van der Waals surface area (Å²) >= 11 is 0. The number of halogens is 2. The average Bonchev–Trinajstić information content (AvgIpc) is 3.34. The summed E-state index contributed by atoms with van der Waals surface area (Å²) in [6.45, 7) is 0.728. The Kier molecular flexibility index (Phi) is 7.02. The summed E-state index contributed by atoms with van der Waals surface area (Å²) in [4.78, 5) is 4.27. The van der Waals surface area contributed by atoms with Crippen molar-refractivity contribution in [3.63, 3.8) is 0 Å². The van der Waals surface area contributed by atoms with Crippen LogP contribution in [0.25, 0.3) is 0 Å². The van der Waals surface area contributed by atoms with Crippen molar-refractivity contribution < 1.29 is 4.39 Å². The highest BCUT2D eigenvalue weighted by atomic mass is 127. The van der Waals surface area contributed by atoms with E-state index in [1.807, 2.05) is 12.1 Å². The number of aliphatic imine (C=N–C) groups is 1. The zero-order valence-corrected chi connectivity index (χ0v) is 16.0. The largest absolute Gasteiger partial charge is 0.356 e. The standard InChI is InChI=1S/C19H22FN3.HI/c1-21-19(22-11-10-14-6-5-9-16(20)12-14)23-18-13-17(18)15-7-3-2-4-8-15;/h2-9,12,17-18H,10-11,13H2,1H3,(H2,21,22,23);1H. The lowest BCUT2D eigenvalue weighted by Gasteiger charge is -2.12. The predicted octanol–water partition coefficient (Wildman–Crippen LogP) is 3.71. The molecule has 0 amide bonds. The van der Waals surface area contributed by atoms with Gasteiger partial charge < -0.3 is 10.6 Å². The smallest absolute Gasteiger partial charge is 0.191 e. The molecule has 0 aliphatic heterocycles. The normalized spacial score (nSPS) is 19.3. The second-order valence-corrected chi connectivity index (χ2v) is 5.88. The molecule has 24 heavy (non-hydrogen) atoms. The van der Waals surface area contributed by atoms with Crippen LogP contribution in [0.15, 0.2) is 59.6 Å². The Labute approximate surface area is 159 Å². The fourth-order valence-electron chi connectivity index (χ4n) is 2.81. The first-order valence-corrected chi connectivity index (χ1v) is 8.03. The van der Waals surface area contributed by atoms with E-state index in [1.165, 1.54) is 11.6 Å². The number of rotatable bonds is 5. The molecule has 0 spiro atoms. The first-order valence-electron chi connectivity index (χ1n) is 8.03. The fraction of sp³-hybridized carbons (Fsp3) is 0.316. The summed E-state index contributed by atoms with van der Waals surface area (Å²) in [5.41, 5.74) is 2.36. The lowest BCUT2D eigenvalue weighted by atomic mass is 10.1. The van der Waals surface area contributed by atoms with Gasteiger partial charge in [-0.3, -0.25) is 4.99 Å². The van der Waals surface area contributed by atoms with E-state index in [1.54, 1.807) is 19.2 Å². The number of hydrogen-bond acceptors (Lipinski definition) is 1. The summed E-state index contributed by atoms with van der Waals surface area (Å²) in [6.07, 6.45) is 1.90. The molecule has 2 N–H and O–H groups in total. The molecule has 0 aromatic heterocycles. The molecule has 5 heteroatoms. The van der Waals surface area contributed by atoms with Gasteiger partial charge in [0.05, 0.1) is 0 Å². The molecular weight excluding hydrogens is 416 g/mol. The number of nitrogens with one attached hydrogen (secondary N) is 2. The van der Waals surface area contributed by atoms with E-state index in [-0.39, 0.29) is 29.8 Å². The van der Waals surface area contributed by atoms with Crippen LogP contribution >= 0.6 is 24.0 Å². The third-order valence-electron chi connectivity index (χ3n) is 4.16. The highest BCUT2D eigenvalue weighted by molar-refractivity contribution is 14.0. The van der Waals surface area contributed by atoms with Gasteiger partial charge in [0.2, 0.25) is 0 Å². The van der Waals surface area contributed by atoms with Gasteiger partial charge in [-0.25, -0.2) is 4.39 Å². The van der Waals surface area contributed by atoms with Gasteiger partial charge in [0.15, 0.2) is 5.96 Å². The van der Waals surface area contributed by atoms with Crippen LogP contribution in [0.3, 0.4) is 0 Å². The van der Waals surface area contributed by atoms with Gasteiger partial charge in [-0.1, -0.05) is 42.5 Å². The summed E-state index contributed by atoms with van der Waals surface area (Å²) in [7, 11) is 1.78. The maximum atomic E-state index is 13.1. The zero-order valence-electron chi connectivity index (χ0n) is 13.7. The first kappa shape index (κ1) is 18.7. The van der Waals surface area contributed by atoms with Crippen LogP contribution in [0.2, 0.25) is 0 Å². The summed E-state index contributed by atoms with van der Waals surface area (Å²) in [5.74, 6) is 1.19. The Hall–Kier alpha value is -1.63. The Morgan fingerprint density at radius 2 is 1.96 bits per heavy atom. The molecule has 2 aromatic carbocycles. The Balaban J connectivity index is 0.00000208. The van der Waals surface area contributed by atoms with Crippen molar-refractivity contribution in [1.82, 2.24) is 10.6 Å². The van der Waals surface area contributed by atoms with Crippen LogP contribution in [0, 0.1) is 5.82 Å². The van der Waals surface area contributed by atoms with Crippen LogP contribution in [-0.2, 0) is 6.42 Å². The first-order chi connectivity index (χ1) is 11.3. The minimum absolute atomic E-state index is 0. The van der Waals surface area contributed by atoms with E-state index < -0.39 is 0 Å². The average molecular weight is 439 g/mol. The van der Waals surface area contributed by atoms with Crippen molar-refractivity contribution in [3.8, 4) is 0 Å². The molecule has 2 aromatic rings. The predicted molar refractivity (Wildman–Crippen MR) is 108 cm³/mol. The fourth-order valence-corrected chi connectivity index (χ4v) is 2.81. The topological polar surface area (TPSA) is 36.4 Å². The molecule has 0 saturated heterocycles. The number of nitrogens with zero attached hydrogens (tertiary/aromatic N) is 1. The van der Waals surface area contributed by atoms with E-state index in [4.69, 9.17) is 0 Å².